The van der Waals surface area contributed by atoms with E-state index in [9.17, 15) is 0 Å². The highest BCUT2D eigenvalue weighted by Gasteiger charge is 2.14. The molecule has 0 amide bonds. The van der Waals surface area contributed by atoms with E-state index < -0.39 is 8.07 Å². The average Bonchev–Trinajstić information content (AvgIpc) is 2.04. The van der Waals surface area contributed by atoms with Crippen LogP contribution >= 0.6 is 0 Å². The lowest BCUT2D eigenvalue weighted by Crippen LogP contribution is -2.21. The minimum atomic E-state index is -1.08. The summed E-state index contributed by atoms with van der Waals surface area (Å²) in [5.74, 6) is 0. The molecular weight excluding hydrogens is 172 g/mol. The van der Waals surface area contributed by atoms with Gasteiger partial charge in [-0.3, -0.25) is 0 Å². The number of hydrogen-bond donors (Lipinski definition) is 0. The molecule has 13 heavy (non-hydrogen) atoms. The van der Waals surface area contributed by atoms with E-state index in [4.69, 9.17) is 0 Å². The first kappa shape index (κ1) is 10.3. The Morgan fingerprint density at radius 2 is 1.62 bits per heavy atom. The molecule has 70 valence electrons. The summed E-state index contributed by atoms with van der Waals surface area (Å²) in [6, 6.07) is 10.5. The topological polar surface area (TPSA) is 0 Å². The maximum atomic E-state index is 2.38. The number of hydrogen-bond acceptors (Lipinski definition) is 0. The molecule has 0 atom stereocenters. The van der Waals surface area contributed by atoms with Gasteiger partial charge in [-0.2, -0.15) is 0 Å². The van der Waals surface area contributed by atoms with Gasteiger partial charge in [0, 0.05) is 0 Å². The summed E-state index contributed by atoms with van der Waals surface area (Å²) in [6.45, 7) is 9.38. The van der Waals surface area contributed by atoms with Crippen molar-refractivity contribution >= 4 is 14.1 Å². The molecule has 1 rings (SSSR count). The van der Waals surface area contributed by atoms with Gasteiger partial charge in [0.15, 0.2) is 0 Å². The van der Waals surface area contributed by atoms with Crippen molar-refractivity contribution in [1.82, 2.24) is 0 Å². The molecule has 1 aromatic rings. The summed E-state index contributed by atoms with van der Waals surface area (Å²) in [5.41, 5.74) is 1.32. The fourth-order valence-corrected chi connectivity index (χ4v) is 1.62. The Morgan fingerprint density at radius 1 is 1.08 bits per heavy atom. The Morgan fingerprint density at radius 3 is 2.08 bits per heavy atom. The molecule has 0 aliphatic heterocycles. The second-order valence-electron chi connectivity index (χ2n) is 4.49. The van der Waals surface area contributed by atoms with Crippen molar-refractivity contribution in [3.8, 4) is 0 Å². The Bertz CT molecular complexity index is 291. The second kappa shape index (κ2) is 3.92. The predicted molar refractivity (Wildman–Crippen MR) is 63.4 cm³/mol. The molecule has 0 unspecified atom stereocenters. The molecule has 1 aromatic carbocycles. The van der Waals surface area contributed by atoms with Crippen molar-refractivity contribution in [2.24, 2.45) is 0 Å². The molecule has 0 aliphatic carbocycles. The molecule has 0 aliphatic rings. The highest BCUT2D eigenvalue weighted by atomic mass is 28.3. The van der Waals surface area contributed by atoms with Crippen LogP contribution in [-0.4, -0.2) is 8.07 Å². The van der Waals surface area contributed by atoms with Gasteiger partial charge in [0.1, 0.15) is 0 Å². The zero-order valence-corrected chi connectivity index (χ0v) is 9.96. The van der Waals surface area contributed by atoms with E-state index in [1.165, 1.54) is 5.56 Å². The van der Waals surface area contributed by atoms with Gasteiger partial charge in [-0.15, -0.1) is 0 Å². The van der Waals surface area contributed by atoms with Crippen molar-refractivity contribution in [2.45, 2.75) is 26.6 Å². The van der Waals surface area contributed by atoms with Crippen molar-refractivity contribution in [3.63, 3.8) is 0 Å². The van der Waals surface area contributed by atoms with Crippen LogP contribution in [0.3, 0.4) is 0 Å². The summed E-state index contributed by atoms with van der Waals surface area (Å²) >= 11 is 0. The van der Waals surface area contributed by atoms with Gasteiger partial charge in [-0.05, 0) is 12.5 Å². The van der Waals surface area contributed by atoms with Crippen molar-refractivity contribution in [1.29, 1.82) is 0 Å². The zero-order chi connectivity index (χ0) is 9.90. The molecule has 1 heteroatoms. The number of allylic oxidation sites excluding steroid dienone is 1. The quantitative estimate of drug-likeness (QED) is 0.619. The Kier molecular flexibility index (Phi) is 3.10. The SMILES string of the molecule is C/C(=C/c1ccccc1)[Si](C)(C)C. The molecule has 0 nitrogen and oxygen atoms in total. The lowest BCUT2D eigenvalue weighted by Gasteiger charge is -2.16. The number of rotatable bonds is 2. The van der Waals surface area contributed by atoms with Crippen LogP contribution in [0.1, 0.15) is 12.5 Å². The minimum Gasteiger partial charge on any atom is -0.0835 e. The van der Waals surface area contributed by atoms with E-state index in [1.54, 1.807) is 5.20 Å². The summed E-state index contributed by atoms with van der Waals surface area (Å²) in [5, 5.41) is 1.55. The molecule has 0 aromatic heterocycles. The zero-order valence-electron chi connectivity index (χ0n) is 8.96. The first-order valence-corrected chi connectivity index (χ1v) is 8.24. The van der Waals surface area contributed by atoms with E-state index in [0.717, 1.165) is 0 Å². The van der Waals surface area contributed by atoms with E-state index in [1.807, 2.05) is 0 Å². The first-order chi connectivity index (χ1) is 6.00. The first-order valence-electron chi connectivity index (χ1n) is 4.74. The van der Waals surface area contributed by atoms with Crippen LogP contribution in [0, 0.1) is 0 Å². The maximum Gasteiger partial charge on any atom is 0.0720 e. The lowest BCUT2D eigenvalue weighted by molar-refractivity contribution is 1.54. The Labute approximate surface area is 82.3 Å². The van der Waals surface area contributed by atoms with Gasteiger partial charge in [0.2, 0.25) is 0 Å². The van der Waals surface area contributed by atoms with Gasteiger partial charge >= 0.3 is 0 Å². The van der Waals surface area contributed by atoms with Gasteiger partial charge in [-0.1, -0.05) is 61.2 Å². The van der Waals surface area contributed by atoms with Gasteiger partial charge in [-0.25, -0.2) is 0 Å². The van der Waals surface area contributed by atoms with E-state index in [2.05, 4.69) is 63.0 Å². The second-order valence-corrected chi connectivity index (χ2v) is 9.78. The van der Waals surface area contributed by atoms with Crippen LogP contribution in [0.5, 0.6) is 0 Å². The predicted octanol–water partition coefficient (Wildman–Crippen LogP) is 3.97. The highest BCUT2D eigenvalue weighted by molar-refractivity contribution is 6.83. The van der Waals surface area contributed by atoms with Crippen LogP contribution in [0.15, 0.2) is 35.5 Å². The smallest absolute Gasteiger partial charge is 0.0720 e. The average molecular weight is 190 g/mol. The minimum absolute atomic E-state index is 1.08. The molecule has 0 saturated heterocycles. The summed E-state index contributed by atoms with van der Waals surface area (Å²) in [7, 11) is -1.08. The van der Waals surface area contributed by atoms with Crippen LogP contribution < -0.4 is 0 Å². The summed E-state index contributed by atoms with van der Waals surface area (Å²) < 4.78 is 0. The molecule has 0 saturated carbocycles. The molecule has 0 heterocycles. The molecule has 0 fully saturated rings. The lowest BCUT2D eigenvalue weighted by atomic mass is 10.2. The third-order valence-corrected chi connectivity index (χ3v) is 4.88. The van der Waals surface area contributed by atoms with Crippen LogP contribution in [-0.2, 0) is 0 Å². The van der Waals surface area contributed by atoms with Crippen molar-refractivity contribution in [2.75, 3.05) is 0 Å². The monoisotopic (exact) mass is 190 g/mol. The third kappa shape index (κ3) is 3.19. The van der Waals surface area contributed by atoms with E-state index in [-0.39, 0.29) is 0 Å². The molecule has 0 N–H and O–H groups in total. The molecular formula is C12H18Si. The van der Waals surface area contributed by atoms with Crippen LogP contribution in [0.25, 0.3) is 6.08 Å². The Balaban J connectivity index is 2.90. The normalized spacial score (nSPS) is 13.1. The van der Waals surface area contributed by atoms with Crippen LogP contribution in [0.4, 0.5) is 0 Å². The number of benzene rings is 1. The van der Waals surface area contributed by atoms with Gasteiger partial charge in [0.25, 0.3) is 0 Å². The van der Waals surface area contributed by atoms with E-state index >= 15 is 0 Å². The van der Waals surface area contributed by atoms with E-state index in [0.29, 0.717) is 0 Å². The Hall–Kier alpha value is -0.823. The fraction of sp³-hybridized carbons (Fsp3) is 0.333. The highest BCUT2D eigenvalue weighted by Crippen LogP contribution is 2.16. The summed E-state index contributed by atoms with van der Waals surface area (Å²) in [6.07, 6.45) is 2.31. The fourth-order valence-electron chi connectivity index (χ4n) is 1.02. The standard InChI is InChI=1S/C12H18Si/c1-11(13(2,3)4)10-12-8-6-5-7-9-12/h5-10H,1-4H3/b11-10-. The van der Waals surface area contributed by atoms with Crippen LogP contribution in [0.2, 0.25) is 19.6 Å². The van der Waals surface area contributed by atoms with Crippen molar-refractivity contribution in [3.05, 3.63) is 41.1 Å². The van der Waals surface area contributed by atoms with Crippen molar-refractivity contribution < 1.29 is 0 Å². The third-order valence-electron chi connectivity index (χ3n) is 2.37. The van der Waals surface area contributed by atoms with Gasteiger partial charge < -0.3 is 0 Å². The molecule has 0 spiro atoms. The summed E-state index contributed by atoms with van der Waals surface area (Å²) in [4.78, 5) is 0. The van der Waals surface area contributed by atoms with Gasteiger partial charge in [0.05, 0.1) is 8.07 Å². The molecule has 0 bridgehead atoms. The largest absolute Gasteiger partial charge is 0.0835 e. The maximum absolute atomic E-state index is 2.38. The molecule has 0 radical (unpaired) electrons.